The third-order valence-electron chi connectivity index (χ3n) is 4.55. The lowest BCUT2D eigenvalue weighted by Crippen LogP contribution is -2.50. The van der Waals surface area contributed by atoms with Crippen molar-refractivity contribution in [1.82, 2.24) is 10.2 Å². The summed E-state index contributed by atoms with van der Waals surface area (Å²) in [6.07, 6.45) is 0.981. The van der Waals surface area contributed by atoms with Crippen molar-refractivity contribution in [1.29, 1.82) is 0 Å². The van der Waals surface area contributed by atoms with Gasteiger partial charge in [-0.2, -0.15) is 0 Å². The average Bonchev–Trinajstić information content (AvgIpc) is 2.71. The second-order valence-electron chi connectivity index (χ2n) is 6.78. The maximum atomic E-state index is 13.2. The Hall–Kier alpha value is -2.00. The first-order valence-corrected chi connectivity index (χ1v) is 12.1. The lowest BCUT2D eigenvalue weighted by Gasteiger charge is -2.31. The van der Waals surface area contributed by atoms with E-state index < -0.39 is 34.4 Å². The molecular weight excluding hydrogens is 485 g/mol. The highest BCUT2D eigenvalue weighted by Gasteiger charge is 2.30. The zero-order valence-electron chi connectivity index (χ0n) is 17.1. The molecule has 0 saturated heterocycles. The van der Waals surface area contributed by atoms with Crippen molar-refractivity contribution in [2.75, 3.05) is 24.2 Å². The number of amides is 2. The number of halogens is 3. The normalized spacial score (nSPS) is 12.2. The monoisotopic (exact) mass is 505 g/mol. The number of rotatable bonds is 8. The first kappa shape index (κ1) is 25.3. The number of para-hydroxylation sites is 1. The van der Waals surface area contributed by atoms with Gasteiger partial charge in [0.1, 0.15) is 12.6 Å². The van der Waals surface area contributed by atoms with Crippen LogP contribution < -0.4 is 9.62 Å². The lowest BCUT2D eigenvalue weighted by atomic mass is 10.1. The second kappa shape index (κ2) is 10.5. The number of hydrogen-bond acceptors (Lipinski definition) is 4. The summed E-state index contributed by atoms with van der Waals surface area (Å²) in [5.74, 6) is -0.996. The van der Waals surface area contributed by atoms with Crippen LogP contribution in [0.3, 0.4) is 0 Å². The minimum absolute atomic E-state index is 0.0183. The molecule has 168 valence electrons. The van der Waals surface area contributed by atoms with Crippen molar-refractivity contribution < 1.29 is 18.0 Å². The van der Waals surface area contributed by atoms with Crippen LogP contribution in [0.5, 0.6) is 0 Å². The number of anilines is 1. The number of nitrogens with zero attached hydrogens (tertiary/aromatic N) is 2. The molecule has 2 aromatic carbocycles. The van der Waals surface area contributed by atoms with E-state index in [-0.39, 0.29) is 17.3 Å². The van der Waals surface area contributed by atoms with Gasteiger partial charge in [-0.15, -0.1) is 0 Å². The maximum absolute atomic E-state index is 13.2. The number of hydrogen-bond donors (Lipinski definition) is 1. The second-order valence-corrected chi connectivity index (χ2v) is 9.91. The van der Waals surface area contributed by atoms with Crippen molar-refractivity contribution in [3.63, 3.8) is 0 Å². The Bertz CT molecular complexity index is 1080. The quantitative estimate of drug-likeness (QED) is 0.593. The summed E-state index contributed by atoms with van der Waals surface area (Å²) in [6, 6.07) is 10.3. The fourth-order valence-electron chi connectivity index (χ4n) is 2.87. The Labute approximate surface area is 196 Å². The van der Waals surface area contributed by atoms with E-state index >= 15 is 0 Å². The minimum Gasteiger partial charge on any atom is -0.357 e. The van der Waals surface area contributed by atoms with Gasteiger partial charge in [0.15, 0.2) is 0 Å². The summed E-state index contributed by atoms with van der Waals surface area (Å²) in [5.41, 5.74) is 0.796. The number of likely N-dealkylation sites (N-methyl/N-ethyl adjacent to an activating group) is 1. The van der Waals surface area contributed by atoms with Crippen LogP contribution in [-0.2, 0) is 26.2 Å². The molecule has 1 N–H and O–H groups in total. The van der Waals surface area contributed by atoms with Crippen molar-refractivity contribution >= 4 is 62.3 Å². The van der Waals surface area contributed by atoms with Crippen molar-refractivity contribution in [3.8, 4) is 0 Å². The van der Waals surface area contributed by atoms with E-state index in [4.69, 9.17) is 34.8 Å². The molecule has 0 unspecified atom stereocenters. The van der Waals surface area contributed by atoms with Gasteiger partial charge in [0.25, 0.3) is 0 Å². The van der Waals surface area contributed by atoms with Crippen LogP contribution in [0, 0.1) is 0 Å². The average molecular weight is 507 g/mol. The Balaban J connectivity index is 2.41. The first-order chi connectivity index (χ1) is 14.5. The highest BCUT2D eigenvalue weighted by molar-refractivity contribution is 7.92. The van der Waals surface area contributed by atoms with Gasteiger partial charge in [-0.25, -0.2) is 8.42 Å². The van der Waals surface area contributed by atoms with Gasteiger partial charge in [-0.1, -0.05) is 53.0 Å². The molecule has 0 aliphatic heterocycles. The lowest BCUT2D eigenvalue weighted by molar-refractivity contribution is -0.139. The number of nitrogens with one attached hydrogen (secondary N) is 1. The summed E-state index contributed by atoms with van der Waals surface area (Å²) in [4.78, 5) is 26.8. The SMILES string of the molecule is CNC(=O)[C@@H](C)N(Cc1ccc(Cl)c(Cl)c1)C(=O)CN(c1ccccc1Cl)S(C)(=O)=O. The molecule has 2 aromatic rings. The summed E-state index contributed by atoms with van der Waals surface area (Å²) in [7, 11) is -2.39. The molecule has 0 aliphatic carbocycles. The molecule has 0 heterocycles. The van der Waals surface area contributed by atoms with E-state index in [0.29, 0.717) is 15.6 Å². The molecule has 31 heavy (non-hydrogen) atoms. The smallest absolute Gasteiger partial charge is 0.244 e. The van der Waals surface area contributed by atoms with Crippen LogP contribution in [0.4, 0.5) is 5.69 Å². The van der Waals surface area contributed by atoms with Gasteiger partial charge in [0.05, 0.1) is 27.0 Å². The molecular formula is C20H22Cl3N3O4S. The van der Waals surface area contributed by atoms with Crippen molar-refractivity contribution in [2.45, 2.75) is 19.5 Å². The van der Waals surface area contributed by atoms with E-state index in [1.807, 2.05) is 0 Å². The number of benzene rings is 2. The molecule has 0 aliphatic rings. The van der Waals surface area contributed by atoms with E-state index in [0.717, 1.165) is 10.6 Å². The molecule has 7 nitrogen and oxygen atoms in total. The summed E-state index contributed by atoms with van der Waals surface area (Å²) in [5, 5.41) is 3.33. The molecule has 0 fully saturated rings. The fraction of sp³-hybridized carbons (Fsp3) is 0.300. The maximum Gasteiger partial charge on any atom is 0.244 e. The molecule has 0 radical (unpaired) electrons. The van der Waals surface area contributed by atoms with E-state index in [2.05, 4.69) is 5.32 Å². The Morgan fingerprint density at radius 2 is 1.68 bits per heavy atom. The van der Waals surface area contributed by atoms with Crippen molar-refractivity contribution in [3.05, 3.63) is 63.1 Å². The van der Waals surface area contributed by atoms with Gasteiger partial charge in [-0.05, 0) is 36.8 Å². The zero-order chi connectivity index (χ0) is 23.3. The number of carbonyl (C=O) groups excluding carboxylic acids is 2. The van der Waals surface area contributed by atoms with Crippen LogP contribution in [0.2, 0.25) is 15.1 Å². The molecule has 0 saturated carbocycles. The fourth-order valence-corrected chi connectivity index (χ4v) is 4.34. The summed E-state index contributed by atoms with van der Waals surface area (Å²) >= 11 is 18.2. The predicted molar refractivity (Wildman–Crippen MR) is 124 cm³/mol. The van der Waals surface area contributed by atoms with Gasteiger partial charge >= 0.3 is 0 Å². The topological polar surface area (TPSA) is 86.8 Å². The van der Waals surface area contributed by atoms with Crippen LogP contribution >= 0.6 is 34.8 Å². The summed E-state index contributed by atoms with van der Waals surface area (Å²) in [6.45, 7) is 1.03. The van der Waals surface area contributed by atoms with Crippen LogP contribution in [0.15, 0.2) is 42.5 Å². The largest absolute Gasteiger partial charge is 0.357 e. The van der Waals surface area contributed by atoms with Crippen LogP contribution in [0.25, 0.3) is 0 Å². The Morgan fingerprint density at radius 1 is 1.03 bits per heavy atom. The highest BCUT2D eigenvalue weighted by Crippen LogP contribution is 2.28. The first-order valence-electron chi connectivity index (χ1n) is 9.13. The summed E-state index contributed by atoms with van der Waals surface area (Å²) < 4.78 is 25.8. The van der Waals surface area contributed by atoms with E-state index in [1.54, 1.807) is 37.3 Å². The number of sulfonamides is 1. The number of carbonyl (C=O) groups is 2. The third kappa shape index (κ3) is 6.49. The molecule has 0 bridgehead atoms. The molecule has 2 amide bonds. The molecule has 11 heteroatoms. The third-order valence-corrected chi connectivity index (χ3v) is 6.74. The molecule has 1 atom stereocenters. The van der Waals surface area contributed by atoms with Gasteiger partial charge in [0, 0.05) is 13.6 Å². The molecule has 0 aromatic heterocycles. The van der Waals surface area contributed by atoms with Crippen LogP contribution in [0.1, 0.15) is 12.5 Å². The Kier molecular flexibility index (Phi) is 8.59. The zero-order valence-corrected chi connectivity index (χ0v) is 20.2. The van der Waals surface area contributed by atoms with Crippen molar-refractivity contribution in [2.24, 2.45) is 0 Å². The molecule has 0 spiro atoms. The van der Waals surface area contributed by atoms with E-state index in [9.17, 15) is 18.0 Å². The van der Waals surface area contributed by atoms with E-state index in [1.165, 1.54) is 24.1 Å². The van der Waals surface area contributed by atoms with Gasteiger partial charge in [0.2, 0.25) is 21.8 Å². The Morgan fingerprint density at radius 3 is 2.23 bits per heavy atom. The predicted octanol–water partition coefficient (Wildman–Crippen LogP) is 3.58. The minimum atomic E-state index is -3.84. The standard InChI is InChI=1S/C20H22Cl3N3O4S/c1-13(20(28)24-2)25(11-14-8-9-15(21)17(23)10-14)19(27)12-26(31(3,29)30)18-7-5-4-6-16(18)22/h4-10,13H,11-12H2,1-3H3,(H,24,28)/t13-/m1/s1. The van der Waals surface area contributed by atoms with Gasteiger partial charge in [-0.3, -0.25) is 13.9 Å². The highest BCUT2D eigenvalue weighted by atomic mass is 35.5. The van der Waals surface area contributed by atoms with Gasteiger partial charge < -0.3 is 10.2 Å². The van der Waals surface area contributed by atoms with Crippen LogP contribution in [-0.4, -0.2) is 51.0 Å². The molecule has 2 rings (SSSR count).